The Bertz CT molecular complexity index is 1760. The largest absolute Gasteiger partial charge is 0.507 e. The number of benzene rings is 2. The van der Waals surface area contributed by atoms with E-state index in [4.69, 9.17) is 32.8 Å². The summed E-state index contributed by atoms with van der Waals surface area (Å²) in [5.41, 5.74) is -0.0755. The van der Waals surface area contributed by atoms with E-state index < -0.39 is 90.8 Å². The third-order valence-electron chi connectivity index (χ3n) is 7.93. The van der Waals surface area contributed by atoms with E-state index in [1.807, 2.05) is 0 Å². The molecule has 1 aromatic heterocycles. The number of ether oxygens (including phenoxy) is 6. The van der Waals surface area contributed by atoms with Crippen LogP contribution in [0.25, 0.3) is 22.3 Å². The molecule has 4 unspecified atom stereocenters. The van der Waals surface area contributed by atoms with Gasteiger partial charge in [0.25, 0.3) is 0 Å². The van der Waals surface area contributed by atoms with Crippen LogP contribution in [0.4, 0.5) is 0 Å². The maximum Gasteiger partial charge on any atom is 0.402 e. The van der Waals surface area contributed by atoms with Crippen LogP contribution in [0.3, 0.4) is 0 Å². The number of hydrogen-bond donors (Lipinski definition) is 10. The molecule has 21 heteroatoms. The number of aromatic hydroxyl groups is 2. The van der Waals surface area contributed by atoms with Crippen molar-refractivity contribution in [3.63, 3.8) is 0 Å². The van der Waals surface area contributed by atoms with Gasteiger partial charge in [0, 0.05) is 24.3 Å². The highest BCUT2D eigenvalue weighted by Crippen LogP contribution is 2.46. The van der Waals surface area contributed by atoms with Crippen LogP contribution in [0.1, 0.15) is 0 Å². The summed E-state index contributed by atoms with van der Waals surface area (Å²) < 4.78 is 76.2. The van der Waals surface area contributed by atoms with E-state index in [2.05, 4.69) is 4.18 Å². The van der Waals surface area contributed by atoms with Gasteiger partial charge in [-0.15, -0.1) is 0 Å². The second kappa shape index (κ2) is 14.8. The van der Waals surface area contributed by atoms with Gasteiger partial charge in [0.1, 0.15) is 59.6 Å². The molecule has 0 aliphatic carbocycles. The van der Waals surface area contributed by atoms with Crippen LogP contribution in [0.15, 0.2) is 34.7 Å². The van der Waals surface area contributed by atoms with Gasteiger partial charge in [-0.25, -0.2) is 8.60 Å². The Kier molecular flexibility index (Phi) is 11.1. The summed E-state index contributed by atoms with van der Waals surface area (Å²) in [4.78, 5) is 0. The quantitative estimate of drug-likeness (QED) is 0.0751. The van der Waals surface area contributed by atoms with Crippen LogP contribution >= 0.6 is 0 Å². The number of methoxy groups -OCH3 is 2. The second-order valence-corrected chi connectivity index (χ2v) is 12.2. The maximum atomic E-state index is 11.6. The van der Waals surface area contributed by atoms with Crippen molar-refractivity contribution in [3.8, 4) is 45.8 Å². The van der Waals surface area contributed by atoms with Crippen molar-refractivity contribution in [1.82, 2.24) is 0 Å². The zero-order valence-electron chi connectivity index (χ0n) is 26.0. The molecule has 20 nitrogen and oxygen atoms in total. The number of aliphatic hydroxyl groups excluding tert-OH is 7. The first kappa shape index (κ1) is 37.4. The molecule has 2 saturated heterocycles. The van der Waals surface area contributed by atoms with Gasteiger partial charge in [-0.1, -0.05) is 0 Å². The highest BCUT2D eigenvalue weighted by Gasteiger charge is 2.49. The molecule has 0 spiro atoms. The Morgan fingerprint density at radius 1 is 0.720 bits per heavy atom. The van der Waals surface area contributed by atoms with E-state index in [-0.39, 0.29) is 51.0 Å². The Labute approximate surface area is 282 Å². The van der Waals surface area contributed by atoms with Gasteiger partial charge in [-0.05, 0) is 0 Å². The second-order valence-electron chi connectivity index (χ2n) is 11.2. The van der Waals surface area contributed by atoms with Crippen LogP contribution in [0.2, 0.25) is 0 Å². The first-order chi connectivity index (χ1) is 23.6. The summed E-state index contributed by atoms with van der Waals surface area (Å²) in [5, 5.41) is 92.5. The number of aliphatic hydroxyl groups is 7. The molecule has 0 amide bonds. The van der Waals surface area contributed by atoms with Gasteiger partial charge in [0.05, 0.1) is 39.1 Å². The molecule has 2 fully saturated rings. The van der Waals surface area contributed by atoms with E-state index in [0.717, 1.165) is 12.1 Å². The molecule has 3 heterocycles. The van der Waals surface area contributed by atoms with Gasteiger partial charge in [-0.3, -0.25) is 4.55 Å². The van der Waals surface area contributed by atoms with Crippen molar-refractivity contribution in [2.24, 2.45) is 0 Å². The third-order valence-corrected chi connectivity index (χ3v) is 8.40. The number of phenolic OH excluding ortho intramolecular Hbond substituents is 2. The lowest BCUT2D eigenvalue weighted by Crippen LogP contribution is -2.61. The van der Waals surface area contributed by atoms with Crippen molar-refractivity contribution in [2.75, 3.05) is 27.4 Å². The van der Waals surface area contributed by atoms with Crippen molar-refractivity contribution >= 4 is 21.4 Å². The van der Waals surface area contributed by atoms with E-state index in [9.17, 15) is 58.9 Å². The monoisotopic (exact) mass is 735 g/mol. The molecule has 3 aromatic rings. The van der Waals surface area contributed by atoms with E-state index >= 15 is 0 Å². The minimum Gasteiger partial charge on any atom is -0.507 e. The molecule has 276 valence electrons. The lowest BCUT2D eigenvalue weighted by molar-refractivity contribution is -0.277. The highest BCUT2D eigenvalue weighted by atomic mass is 32.3. The summed E-state index contributed by atoms with van der Waals surface area (Å²) in [6, 6.07) is 5.91. The van der Waals surface area contributed by atoms with Gasteiger partial charge in [-0.2, -0.15) is 8.42 Å². The van der Waals surface area contributed by atoms with Crippen LogP contribution in [0, 0.1) is 0 Å². The molecule has 2 aliphatic heterocycles. The predicted octanol–water partition coefficient (Wildman–Crippen LogP) is -2.01. The molecule has 2 aromatic carbocycles. The van der Waals surface area contributed by atoms with Crippen LogP contribution < -0.4 is 18.9 Å². The van der Waals surface area contributed by atoms with Crippen LogP contribution in [-0.4, -0.2) is 148 Å². The van der Waals surface area contributed by atoms with E-state index in [1.54, 1.807) is 0 Å². The summed E-state index contributed by atoms with van der Waals surface area (Å²) in [7, 11) is -2.78. The van der Waals surface area contributed by atoms with Crippen molar-refractivity contribution in [3.05, 3.63) is 30.3 Å². The van der Waals surface area contributed by atoms with Gasteiger partial charge >= 0.3 is 21.7 Å². The van der Waals surface area contributed by atoms with E-state index in [0.29, 0.717) is 0 Å². The summed E-state index contributed by atoms with van der Waals surface area (Å²) in [6.07, 6.45) is -18.3. The van der Waals surface area contributed by atoms with Crippen LogP contribution in [-0.2, 0) is 24.1 Å². The first-order valence-corrected chi connectivity index (χ1v) is 16.0. The summed E-state index contributed by atoms with van der Waals surface area (Å²) in [6.45, 7) is -1.67. The van der Waals surface area contributed by atoms with Crippen LogP contribution in [0.5, 0.6) is 34.5 Å². The predicted molar refractivity (Wildman–Crippen MR) is 162 cm³/mol. The fourth-order valence-electron chi connectivity index (χ4n) is 5.39. The highest BCUT2D eigenvalue weighted by molar-refractivity contribution is 7.80. The summed E-state index contributed by atoms with van der Waals surface area (Å²) in [5.74, 6) is -1.98. The standard InChI is InChI=1S/C29H34O20S/c1-42-15-3-10(4-16(43-2)20(15)33)26-17(46-28-25(38)23(36)21(34)18(8-30)47-28)7-12-13(44-26)5-11(32)6-14(12)45-29-27(49-50(39,40)41)24(37)22(35)19(9-31)48-29/h3-7,18-19,21-25,27-31,34-38H,8-9H2,1-2H3,(H2-,32,33,39,40,41)/p+1/t18-,19?,21-,22-,23?,24+,25?,27?,28-,29-/m1/s1. The molecule has 10 N–H and O–H groups in total. The Morgan fingerprint density at radius 3 is 1.84 bits per heavy atom. The van der Waals surface area contributed by atoms with Gasteiger partial charge in [0.2, 0.25) is 24.1 Å². The topological polar surface area (TPSA) is 312 Å². The lowest BCUT2D eigenvalue weighted by Gasteiger charge is -2.40. The lowest BCUT2D eigenvalue weighted by atomic mass is 9.99. The minimum atomic E-state index is -5.29. The van der Waals surface area contributed by atoms with Gasteiger partial charge in [0.15, 0.2) is 17.6 Å². The number of rotatable bonds is 11. The normalized spacial score (nSPS) is 30.2. The third kappa shape index (κ3) is 7.44. The molecule has 0 radical (unpaired) electrons. The molecule has 50 heavy (non-hydrogen) atoms. The number of phenols is 2. The van der Waals surface area contributed by atoms with Crippen molar-refractivity contribution in [1.29, 1.82) is 0 Å². The minimum absolute atomic E-state index is 0.0909. The zero-order chi connectivity index (χ0) is 36.7. The zero-order valence-corrected chi connectivity index (χ0v) is 26.9. The molecule has 0 saturated carbocycles. The smallest absolute Gasteiger partial charge is 0.402 e. The maximum absolute atomic E-state index is 11.6. The molecule has 2 aliphatic rings. The number of hydrogen-bond acceptors (Lipinski definition) is 18. The summed E-state index contributed by atoms with van der Waals surface area (Å²) >= 11 is 0. The fraction of sp³-hybridized carbons (Fsp3) is 0.483. The molecule has 10 atom stereocenters. The Hall–Kier alpha value is -3.84. The van der Waals surface area contributed by atoms with Crippen molar-refractivity contribution in [2.45, 2.75) is 61.4 Å². The average Bonchev–Trinajstić information content (AvgIpc) is 3.07. The average molecular weight is 736 g/mol. The molecule has 5 rings (SSSR count). The molecule has 0 bridgehead atoms. The fourth-order valence-corrected chi connectivity index (χ4v) is 5.88. The van der Waals surface area contributed by atoms with Gasteiger partial charge < -0.3 is 74.4 Å². The molecular formula is C29H35O20S+. The van der Waals surface area contributed by atoms with Crippen molar-refractivity contribution < 1.29 is 96.0 Å². The molecular weight excluding hydrogens is 700 g/mol. The Balaban J connectivity index is 1.68. The SMILES string of the molecule is COc1cc(-c2[o+]c3cc(O)cc(O[C@@H]4OC(CO)[C@@H](O)[C@H](O)C4OS(=O)(=O)O)c3cc2O[C@@H]2O[C@H](CO)[C@@H](O)C(O)C2O)cc(OC)c1O. The van der Waals surface area contributed by atoms with E-state index in [1.165, 1.54) is 32.4 Å². The Morgan fingerprint density at radius 2 is 1.28 bits per heavy atom. The number of fused-ring (bicyclic) bond motifs is 1. The first-order valence-electron chi connectivity index (χ1n) is 14.6.